The summed E-state index contributed by atoms with van der Waals surface area (Å²) in [5.41, 5.74) is 8.67. The molecule has 0 fully saturated rings. The molecule has 0 saturated heterocycles. The van der Waals surface area contributed by atoms with Gasteiger partial charge < -0.3 is 16.0 Å². The summed E-state index contributed by atoms with van der Waals surface area (Å²) in [6.07, 6.45) is 3.49. The molecule has 6 nitrogen and oxygen atoms in total. The molecule has 0 radical (unpaired) electrons. The van der Waals surface area contributed by atoms with Gasteiger partial charge in [0, 0.05) is 28.3 Å². The number of carbonyl (C=O) groups excluding carboxylic acids is 2. The van der Waals surface area contributed by atoms with E-state index in [0.717, 1.165) is 16.5 Å². The van der Waals surface area contributed by atoms with Crippen molar-refractivity contribution in [2.24, 2.45) is 5.73 Å². The average molecular weight is 382 g/mol. The second-order valence-electron chi connectivity index (χ2n) is 6.45. The molecule has 6 heteroatoms. The van der Waals surface area contributed by atoms with Crippen LogP contribution in [0.2, 0.25) is 0 Å². The monoisotopic (exact) mass is 382 g/mol. The van der Waals surface area contributed by atoms with E-state index < -0.39 is 5.91 Å². The van der Waals surface area contributed by atoms with Gasteiger partial charge in [0.05, 0.1) is 0 Å². The summed E-state index contributed by atoms with van der Waals surface area (Å²) in [6, 6.07) is 21.7. The van der Waals surface area contributed by atoms with Crippen LogP contribution < -0.4 is 11.1 Å². The highest BCUT2D eigenvalue weighted by Crippen LogP contribution is 2.24. The summed E-state index contributed by atoms with van der Waals surface area (Å²) in [4.78, 5) is 31.8. The van der Waals surface area contributed by atoms with E-state index in [4.69, 9.17) is 5.73 Å². The van der Waals surface area contributed by atoms with Gasteiger partial charge in [0.2, 0.25) is 5.91 Å². The first-order chi connectivity index (χ1) is 14.1. The van der Waals surface area contributed by atoms with Crippen LogP contribution in [-0.4, -0.2) is 21.8 Å². The lowest BCUT2D eigenvalue weighted by atomic mass is 10.0. The van der Waals surface area contributed by atoms with Gasteiger partial charge >= 0.3 is 0 Å². The Morgan fingerprint density at radius 3 is 2.21 bits per heavy atom. The number of nitrogens with one attached hydrogen (secondary N) is 2. The Morgan fingerprint density at radius 1 is 0.897 bits per heavy atom. The van der Waals surface area contributed by atoms with Crippen LogP contribution in [0.5, 0.6) is 0 Å². The molecule has 2 heterocycles. The van der Waals surface area contributed by atoms with E-state index in [1.807, 2.05) is 42.5 Å². The molecule has 0 aliphatic heterocycles. The van der Waals surface area contributed by atoms with Crippen LogP contribution in [0.15, 0.2) is 79.0 Å². The van der Waals surface area contributed by atoms with Crippen LogP contribution in [0, 0.1) is 0 Å². The number of benzene rings is 2. The lowest BCUT2D eigenvalue weighted by Gasteiger charge is -2.05. The molecule has 29 heavy (non-hydrogen) atoms. The van der Waals surface area contributed by atoms with Crippen molar-refractivity contribution in [2.45, 2.75) is 0 Å². The predicted octanol–water partition coefficient (Wildman–Crippen LogP) is 3.84. The fourth-order valence-corrected chi connectivity index (χ4v) is 3.06. The highest BCUT2D eigenvalue weighted by Gasteiger charge is 2.12. The molecule has 0 spiro atoms. The number of nitrogens with two attached hydrogens (primary N) is 1. The van der Waals surface area contributed by atoms with E-state index in [9.17, 15) is 9.59 Å². The molecular formula is C23H18N4O2. The summed E-state index contributed by atoms with van der Waals surface area (Å²) in [5, 5.41) is 3.60. The number of pyridine rings is 1. The number of primary amides is 1. The van der Waals surface area contributed by atoms with Gasteiger partial charge in [0.1, 0.15) is 11.5 Å². The topological polar surface area (TPSA) is 101 Å². The van der Waals surface area contributed by atoms with Crippen LogP contribution in [0.25, 0.3) is 22.7 Å². The quantitative estimate of drug-likeness (QED) is 0.457. The van der Waals surface area contributed by atoms with Gasteiger partial charge in [0.25, 0.3) is 5.91 Å². The number of aromatic nitrogens is 2. The molecule has 2 amide bonds. The molecule has 4 N–H and O–H groups in total. The number of carbonyl (C=O) groups is 2. The minimum atomic E-state index is -0.509. The summed E-state index contributed by atoms with van der Waals surface area (Å²) in [5.74, 6) is -0.309. The van der Waals surface area contributed by atoms with Crippen molar-refractivity contribution in [3.05, 3.63) is 95.7 Å². The number of amides is 2. The smallest absolute Gasteiger partial charge is 0.256 e. The largest absolute Gasteiger partial charge is 0.366 e. The summed E-state index contributed by atoms with van der Waals surface area (Å²) in [7, 11) is 0. The third kappa shape index (κ3) is 3.91. The third-order valence-corrected chi connectivity index (χ3v) is 4.50. The first kappa shape index (κ1) is 18.2. The number of anilines is 1. The maximum absolute atomic E-state index is 12.3. The van der Waals surface area contributed by atoms with Crippen LogP contribution in [0.4, 0.5) is 5.82 Å². The SMILES string of the molecule is NC(=O)C(=Cc1c[nH]c2nc(NC(=O)c3ccccc3)ccc12)c1ccccc1. The molecule has 0 aliphatic rings. The highest BCUT2D eigenvalue weighted by molar-refractivity contribution is 6.24. The second-order valence-corrected chi connectivity index (χ2v) is 6.45. The Labute approximate surface area is 167 Å². The van der Waals surface area contributed by atoms with Crippen molar-refractivity contribution in [3.8, 4) is 0 Å². The van der Waals surface area contributed by atoms with Crippen molar-refractivity contribution >= 4 is 40.3 Å². The molecule has 0 atom stereocenters. The maximum Gasteiger partial charge on any atom is 0.256 e. The molecule has 0 unspecified atom stereocenters. The standard InChI is InChI=1S/C23H18N4O2/c24-21(28)19(15-7-3-1-4-8-15)13-17-14-25-22-18(17)11-12-20(26-22)27-23(29)16-9-5-2-6-10-16/h1-14H,(H2,24,28)(H2,25,26,27,29). The van der Waals surface area contributed by atoms with Crippen molar-refractivity contribution in [3.63, 3.8) is 0 Å². The van der Waals surface area contributed by atoms with Crippen molar-refractivity contribution in [2.75, 3.05) is 5.32 Å². The van der Waals surface area contributed by atoms with Crippen molar-refractivity contribution in [1.29, 1.82) is 0 Å². The fraction of sp³-hybridized carbons (Fsp3) is 0. The Hall–Kier alpha value is -4.19. The Bertz CT molecular complexity index is 1210. The molecule has 2 aromatic carbocycles. The first-order valence-corrected chi connectivity index (χ1v) is 9.03. The van der Waals surface area contributed by atoms with Crippen molar-refractivity contribution < 1.29 is 9.59 Å². The molecule has 142 valence electrons. The van der Waals surface area contributed by atoms with Crippen LogP contribution in [0.1, 0.15) is 21.5 Å². The zero-order valence-corrected chi connectivity index (χ0v) is 15.4. The number of hydrogen-bond donors (Lipinski definition) is 3. The zero-order chi connectivity index (χ0) is 20.2. The first-order valence-electron chi connectivity index (χ1n) is 9.03. The van der Waals surface area contributed by atoms with E-state index in [-0.39, 0.29) is 5.91 Å². The molecular weight excluding hydrogens is 364 g/mol. The second kappa shape index (κ2) is 7.82. The molecule has 0 saturated carbocycles. The maximum atomic E-state index is 12.3. The van der Waals surface area contributed by atoms with Gasteiger partial charge in [-0.25, -0.2) is 4.98 Å². The molecule has 4 aromatic rings. The van der Waals surface area contributed by atoms with E-state index in [0.29, 0.717) is 22.6 Å². The summed E-state index contributed by atoms with van der Waals surface area (Å²) < 4.78 is 0. The number of rotatable bonds is 5. The number of H-pyrrole nitrogens is 1. The summed E-state index contributed by atoms with van der Waals surface area (Å²) >= 11 is 0. The average Bonchev–Trinajstić information content (AvgIpc) is 3.15. The van der Waals surface area contributed by atoms with Crippen LogP contribution in [-0.2, 0) is 4.79 Å². The zero-order valence-electron chi connectivity index (χ0n) is 15.4. The van der Waals surface area contributed by atoms with E-state index in [1.54, 1.807) is 42.6 Å². The third-order valence-electron chi connectivity index (χ3n) is 4.50. The number of fused-ring (bicyclic) bond motifs is 1. The lowest BCUT2D eigenvalue weighted by molar-refractivity contribution is -0.112. The van der Waals surface area contributed by atoms with Gasteiger partial charge in [0.15, 0.2) is 0 Å². The van der Waals surface area contributed by atoms with Crippen molar-refractivity contribution in [1.82, 2.24) is 9.97 Å². The Morgan fingerprint density at radius 2 is 1.55 bits per heavy atom. The molecule has 0 aliphatic carbocycles. The summed E-state index contributed by atoms with van der Waals surface area (Å²) in [6.45, 7) is 0. The number of aromatic amines is 1. The molecule has 4 rings (SSSR count). The van der Waals surface area contributed by atoms with E-state index in [1.165, 1.54) is 0 Å². The molecule has 2 aromatic heterocycles. The number of hydrogen-bond acceptors (Lipinski definition) is 3. The molecule has 0 bridgehead atoms. The van der Waals surface area contributed by atoms with Gasteiger partial charge in [-0.3, -0.25) is 9.59 Å². The Kier molecular flexibility index (Phi) is 4.90. The number of nitrogens with zero attached hydrogens (tertiary/aromatic N) is 1. The van der Waals surface area contributed by atoms with E-state index in [2.05, 4.69) is 15.3 Å². The highest BCUT2D eigenvalue weighted by atomic mass is 16.2. The minimum Gasteiger partial charge on any atom is -0.366 e. The minimum absolute atomic E-state index is 0.232. The Balaban J connectivity index is 1.65. The normalized spacial score (nSPS) is 11.4. The van der Waals surface area contributed by atoms with Gasteiger partial charge in [-0.2, -0.15) is 0 Å². The fourth-order valence-electron chi connectivity index (χ4n) is 3.06. The predicted molar refractivity (Wildman–Crippen MR) is 114 cm³/mol. The van der Waals surface area contributed by atoms with Crippen LogP contribution in [0.3, 0.4) is 0 Å². The van der Waals surface area contributed by atoms with E-state index >= 15 is 0 Å². The lowest BCUT2D eigenvalue weighted by Crippen LogP contribution is -2.13. The van der Waals surface area contributed by atoms with Gasteiger partial charge in [-0.05, 0) is 35.9 Å². The van der Waals surface area contributed by atoms with Gasteiger partial charge in [-0.15, -0.1) is 0 Å². The van der Waals surface area contributed by atoms with Gasteiger partial charge in [-0.1, -0.05) is 48.5 Å². The van der Waals surface area contributed by atoms with Crippen LogP contribution >= 0.6 is 0 Å².